The molecule has 0 bridgehead atoms. The molecule has 0 saturated carbocycles. The first-order chi connectivity index (χ1) is 8.06. The summed E-state index contributed by atoms with van der Waals surface area (Å²) in [6, 6.07) is 0. The van der Waals surface area contributed by atoms with E-state index in [0.717, 1.165) is 0 Å². The minimum Gasteiger partial charge on any atom is -0.156 e. The highest BCUT2D eigenvalue weighted by atomic mass is 32.2. The van der Waals surface area contributed by atoms with E-state index in [9.17, 15) is 0 Å². The molecular formula is C16H34S. The molecular weight excluding hydrogens is 224 g/mol. The Bertz CT molecular complexity index is 146. The van der Waals surface area contributed by atoms with Gasteiger partial charge >= 0.3 is 0 Å². The van der Waals surface area contributed by atoms with Crippen LogP contribution in [-0.4, -0.2) is 10.5 Å². The van der Waals surface area contributed by atoms with Crippen LogP contribution in [0.15, 0.2) is 0 Å². The minimum atomic E-state index is 0.458. The van der Waals surface area contributed by atoms with Crippen LogP contribution in [-0.2, 0) is 0 Å². The molecule has 0 aromatic rings. The van der Waals surface area contributed by atoms with Crippen LogP contribution in [0.5, 0.6) is 0 Å². The van der Waals surface area contributed by atoms with Gasteiger partial charge in [0, 0.05) is 4.75 Å². The Kier molecular flexibility index (Phi) is 11.7. The van der Waals surface area contributed by atoms with E-state index >= 15 is 0 Å². The first-order valence-electron chi connectivity index (χ1n) is 7.70. The molecule has 0 N–H and O–H groups in total. The lowest BCUT2D eigenvalue weighted by atomic mass is 10.1. The lowest BCUT2D eigenvalue weighted by Crippen LogP contribution is -2.08. The lowest BCUT2D eigenvalue weighted by molar-refractivity contribution is 0.563. The maximum Gasteiger partial charge on any atom is 0.00750 e. The van der Waals surface area contributed by atoms with Crippen molar-refractivity contribution in [1.82, 2.24) is 0 Å². The van der Waals surface area contributed by atoms with Crippen molar-refractivity contribution in [2.24, 2.45) is 0 Å². The molecule has 0 aromatic carbocycles. The van der Waals surface area contributed by atoms with E-state index in [2.05, 4.69) is 39.5 Å². The van der Waals surface area contributed by atoms with Crippen molar-refractivity contribution in [3.8, 4) is 0 Å². The predicted molar refractivity (Wildman–Crippen MR) is 84.1 cm³/mol. The average Bonchev–Trinajstić information content (AvgIpc) is 2.24. The first kappa shape index (κ1) is 17.4. The average molecular weight is 259 g/mol. The molecule has 0 aliphatic heterocycles. The van der Waals surface area contributed by atoms with E-state index in [1.54, 1.807) is 0 Å². The fraction of sp³-hybridized carbons (Fsp3) is 1.00. The molecule has 0 heterocycles. The van der Waals surface area contributed by atoms with Gasteiger partial charge in [0.25, 0.3) is 0 Å². The van der Waals surface area contributed by atoms with Crippen molar-refractivity contribution in [3.63, 3.8) is 0 Å². The van der Waals surface area contributed by atoms with Crippen LogP contribution >= 0.6 is 11.8 Å². The van der Waals surface area contributed by atoms with Gasteiger partial charge < -0.3 is 0 Å². The summed E-state index contributed by atoms with van der Waals surface area (Å²) in [5.41, 5.74) is 0. The summed E-state index contributed by atoms with van der Waals surface area (Å²) in [5, 5.41) is 0. The highest BCUT2D eigenvalue weighted by Crippen LogP contribution is 2.24. The summed E-state index contributed by atoms with van der Waals surface area (Å²) >= 11 is 2.11. The molecule has 0 amide bonds. The zero-order chi connectivity index (χ0) is 13.0. The van der Waals surface area contributed by atoms with Crippen molar-refractivity contribution in [2.75, 3.05) is 5.75 Å². The zero-order valence-corrected chi connectivity index (χ0v) is 13.5. The second-order valence-corrected chi connectivity index (χ2v) is 8.06. The SMILES string of the molecule is CCCCCCCCCCCCSC(C)(C)C. The molecule has 0 aliphatic rings. The Morgan fingerprint density at radius 3 is 1.47 bits per heavy atom. The van der Waals surface area contributed by atoms with Crippen molar-refractivity contribution in [1.29, 1.82) is 0 Å². The molecule has 0 fully saturated rings. The summed E-state index contributed by atoms with van der Waals surface area (Å²) in [4.78, 5) is 0. The van der Waals surface area contributed by atoms with E-state index in [-0.39, 0.29) is 0 Å². The molecule has 0 aromatic heterocycles. The highest BCUT2D eigenvalue weighted by molar-refractivity contribution is 8.00. The quantitative estimate of drug-likeness (QED) is 0.384. The van der Waals surface area contributed by atoms with Gasteiger partial charge in [-0.3, -0.25) is 0 Å². The van der Waals surface area contributed by atoms with Crippen LogP contribution in [0.3, 0.4) is 0 Å². The molecule has 17 heavy (non-hydrogen) atoms. The fourth-order valence-corrected chi connectivity index (χ4v) is 2.93. The largest absolute Gasteiger partial charge is 0.156 e. The Labute approximate surface area is 114 Å². The second kappa shape index (κ2) is 11.4. The van der Waals surface area contributed by atoms with Gasteiger partial charge in [-0.2, -0.15) is 11.8 Å². The van der Waals surface area contributed by atoms with Crippen molar-refractivity contribution in [3.05, 3.63) is 0 Å². The van der Waals surface area contributed by atoms with Gasteiger partial charge in [0.1, 0.15) is 0 Å². The van der Waals surface area contributed by atoms with Crippen molar-refractivity contribution < 1.29 is 0 Å². The van der Waals surface area contributed by atoms with E-state index in [1.807, 2.05) is 0 Å². The number of hydrogen-bond acceptors (Lipinski definition) is 1. The van der Waals surface area contributed by atoms with Crippen LogP contribution in [0.25, 0.3) is 0 Å². The molecule has 0 unspecified atom stereocenters. The Morgan fingerprint density at radius 2 is 1.06 bits per heavy atom. The molecule has 0 nitrogen and oxygen atoms in total. The third-order valence-electron chi connectivity index (χ3n) is 3.03. The monoisotopic (exact) mass is 258 g/mol. The fourth-order valence-electron chi connectivity index (χ4n) is 1.97. The zero-order valence-electron chi connectivity index (χ0n) is 12.7. The van der Waals surface area contributed by atoms with Crippen LogP contribution in [0.2, 0.25) is 0 Å². The first-order valence-corrected chi connectivity index (χ1v) is 8.69. The second-order valence-electron chi connectivity index (χ2n) is 6.14. The van der Waals surface area contributed by atoms with Gasteiger partial charge in [-0.15, -0.1) is 0 Å². The third kappa shape index (κ3) is 16.4. The van der Waals surface area contributed by atoms with E-state index in [4.69, 9.17) is 0 Å². The molecule has 0 radical (unpaired) electrons. The smallest absolute Gasteiger partial charge is 0.00750 e. The maximum absolute atomic E-state index is 2.31. The van der Waals surface area contributed by atoms with Gasteiger partial charge in [0.05, 0.1) is 0 Å². The van der Waals surface area contributed by atoms with Crippen LogP contribution in [0.4, 0.5) is 0 Å². The highest BCUT2D eigenvalue weighted by Gasteiger charge is 2.08. The summed E-state index contributed by atoms with van der Waals surface area (Å²) in [6.45, 7) is 9.23. The summed E-state index contributed by atoms with van der Waals surface area (Å²) in [6.07, 6.45) is 14.4. The van der Waals surface area contributed by atoms with Gasteiger partial charge in [0.2, 0.25) is 0 Å². The lowest BCUT2D eigenvalue weighted by Gasteiger charge is -2.17. The molecule has 1 heteroatoms. The maximum atomic E-state index is 2.31. The van der Waals surface area contributed by atoms with Gasteiger partial charge in [-0.1, -0.05) is 85.5 Å². The standard InChI is InChI=1S/C16H34S/c1-5-6-7-8-9-10-11-12-13-14-15-17-16(2,3)4/h5-15H2,1-4H3. The summed E-state index contributed by atoms with van der Waals surface area (Å²) in [7, 11) is 0. The topological polar surface area (TPSA) is 0 Å². The summed E-state index contributed by atoms with van der Waals surface area (Å²) < 4.78 is 0.458. The Balaban J connectivity index is 2.99. The van der Waals surface area contributed by atoms with Crippen molar-refractivity contribution in [2.45, 2.75) is 96.7 Å². The minimum absolute atomic E-state index is 0.458. The Hall–Kier alpha value is 0.350. The molecule has 0 atom stereocenters. The predicted octanol–water partition coefficient (Wildman–Crippen LogP) is 6.44. The summed E-state index contributed by atoms with van der Waals surface area (Å²) in [5.74, 6) is 1.35. The third-order valence-corrected chi connectivity index (χ3v) is 4.39. The van der Waals surface area contributed by atoms with Crippen LogP contribution in [0, 0.1) is 0 Å². The number of rotatable bonds is 11. The molecule has 0 spiro atoms. The van der Waals surface area contributed by atoms with Gasteiger partial charge in [-0.25, -0.2) is 0 Å². The van der Waals surface area contributed by atoms with Crippen LogP contribution in [0.1, 0.15) is 91.9 Å². The number of thioether (sulfide) groups is 1. The molecule has 0 rings (SSSR count). The van der Waals surface area contributed by atoms with E-state index < -0.39 is 0 Å². The number of hydrogen-bond donors (Lipinski definition) is 0. The Morgan fingerprint density at radius 1 is 0.647 bits per heavy atom. The van der Waals surface area contributed by atoms with E-state index in [1.165, 1.54) is 70.0 Å². The molecule has 104 valence electrons. The molecule has 0 aliphatic carbocycles. The van der Waals surface area contributed by atoms with Crippen LogP contribution < -0.4 is 0 Å². The van der Waals surface area contributed by atoms with Crippen molar-refractivity contribution >= 4 is 11.8 Å². The molecule has 0 saturated heterocycles. The van der Waals surface area contributed by atoms with Gasteiger partial charge in [0.15, 0.2) is 0 Å². The van der Waals surface area contributed by atoms with E-state index in [0.29, 0.717) is 4.75 Å². The van der Waals surface area contributed by atoms with Gasteiger partial charge in [-0.05, 0) is 12.2 Å². The number of unbranched alkanes of at least 4 members (excludes halogenated alkanes) is 9. The normalized spacial score (nSPS) is 12.0.